The molecule has 1 saturated carbocycles. The number of imidazole rings is 1. The Balaban J connectivity index is 1.14. The van der Waals surface area contributed by atoms with E-state index >= 15 is 0 Å². The third-order valence-corrected chi connectivity index (χ3v) is 7.50. The zero-order valence-corrected chi connectivity index (χ0v) is 19.7. The van der Waals surface area contributed by atoms with E-state index in [0.717, 1.165) is 66.0 Å². The van der Waals surface area contributed by atoms with Crippen LogP contribution in [-0.2, 0) is 16.1 Å². The van der Waals surface area contributed by atoms with Gasteiger partial charge in [-0.2, -0.15) is 0 Å². The molecule has 172 valence electrons. The number of benzene rings is 2. The number of nitrogens with zero attached hydrogens (tertiary/aromatic N) is 3. The number of carbonyl (C=O) groups is 2. The highest BCUT2D eigenvalue weighted by molar-refractivity contribution is 5.95. The van der Waals surface area contributed by atoms with Crippen LogP contribution in [0, 0.1) is 32.1 Å². The van der Waals surface area contributed by atoms with Crippen molar-refractivity contribution >= 4 is 28.5 Å². The zero-order valence-electron chi connectivity index (χ0n) is 19.7. The second kappa shape index (κ2) is 8.32. The fraction of sp³-hybridized carbons (Fsp3) is 0.444. The maximum atomic E-state index is 12.9. The van der Waals surface area contributed by atoms with Gasteiger partial charge in [0.05, 0.1) is 11.0 Å². The molecule has 1 aromatic heterocycles. The Bertz CT molecular complexity index is 1200. The first kappa shape index (κ1) is 21.7. The van der Waals surface area contributed by atoms with Crippen LogP contribution in [0.15, 0.2) is 42.5 Å². The minimum absolute atomic E-state index is 0.0653. The van der Waals surface area contributed by atoms with Crippen molar-refractivity contribution in [3.8, 4) is 0 Å². The molecule has 1 aliphatic carbocycles. The number of anilines is 1. The van der Waals surface area contributed by atoms with E-state index in [4.69, 9.17) is 0 Å². The molecular formula is C27H32N4O2. The number of aromatic nitrogens is 2. The summed E-state index contributed by atoms with van der Waals surface area (Å²) in [6, 6.07) is 14.2. The number of rotatable bonds is 5. The van der Waals surface area contributed by atoms with E-state index in [0.29, 0.717) is 13.0 Å². The average Bonchev–Trinajstić information content (AvgIpc) is 3.37. The third kappa shape index (κ3) is 4.26. The van der Waals surface area contributed by atoms with Crippen molar-refractivity contribution in [3.05, 3.63) is 59.4 Å². The number of para-hydroxylation sites is 2. The fourth-order valence-corrected chi connectivity index (χ4v) is 5.59. The van der Waals surface area contributed by atoms with Crippen molar-refractivity contribution in [2.24, 2.45) is 11.3 Å². The molecule has 2 aliphatic rings. The molecule has 1 saturated heterocycles. The summed E-state index contributed by atoms with van der Waals surface area (Å²) < 4.78 is 2.13. The molecule has 1 atom stereocenters. The molecule has 0 radical (unpaired) electrons. The Kier molecular flexibility index (Phi) is 5.47. The first-order valence-electron chi connectivity index (χ1n) is 11.9. The quantitative estimate of drug-likeness (QED) is 0.624. The maximum absolute atomic E-state index is 12.9. The lowest BCUT2D eigenvalue weighted by Crippen LogP contribution is -2.40. The minimum atomic E-state index is 0.0653. The predicted octanol–water partition coefficient (Wildman–Crippen LogP) is 4.62. The Hall–Kier alpha value is -3.15. The van der Waals surface area contributed by atoms with Crippen LogP contribution in [0.5, 0.6) is 0 Å². The molecule has 3 aromatic rings. The SMILES string of the molecule is Cc1cc(C)cc(NC(=O)[C@@H]2CC23CCN(C(=O)CCn2c(C)nc4ccccc42)CC3)c1. The van der Waals surface area contributed by atoms with Gasteiger partial charge in [0.15, 0.2) is 0 Å². The minimum Gasteiger partial charge on any atom is -0.343 e. The lowest BCUT2D eigenvalue weighted by Gasteiger charge is -2.33. The molecule has 6 nitrogen and oxygen atoms in total. The van der Waals surface area contributed by atoms with Crippen molar-refractivity contribution in [1.29, 1.82) is 0 Å². The normalized spacial score (nSPS) is 19.1. The number of hydrogen-bond acceptors (Lipinski definition) is 3. The van der Waals surface area contributed by atoms with Crippen LogP contribution in [0.3, 0.4) is 0 Å². The van der Waals surface area contributed by atoms with Crippen molar-refractivity contribution in [2.45, 2.75) is 53.0 Å². The lowest BCUT2D eigenvalue weighted by molar-refractivity contribution is -0.133. The summed E-state index contributed by atoms with van der Waals surface area (Å²) in [4.78, 5) is 32.3. The molecule has 1 N–H and O–H groups in total. The van der Waals surface area contributed by atoms with E-state index in [1.807, 2.05) is 56.0 Å². The van der Waals surface area contributed by atoms with Gasteiger partial charge in [0.1, 0.15) is 5.82 Å². The molecule has 5 rings (SSSR count). The van der Waals surface area contributed by atoms with Gasteiger partial charge < -0.3 is 14.8 Å². The largest absolute Gasteiger partial charge is 0.343 e. The number of carbonyl (C=O) groups excluding carboxylic acids is 2. The highest BCUT2D eigenvalue weighted by atomic mass is 16.2. The second-order valence-electron chi connectivity index (χ2n) is 9.91. The van der Waals surface area contributed by atoms with E-state index in [1.165, 1.54) is 0 Å². The van der Waals surface area contributed by atoms with Crippen LogP contribution in [0.1, 0.15) is 42.6 Å². The summed E-state index contributed by atoms with van der Waals surface area (Å²) in [5, 5.41) is 3.12. The predicted molar refractivity (Wildman–Crippen MR) is 130 cm³/mol. The molecule has 6 heteroatoms. The van der Waals surface area contributed by atoms with E-state index in [1.54, 1.807) is 0 Å². The van der Waals surface area contributed by atoms with Gasteiger partial charge in [0.25, 0.3) is 0 Å². The Morgan fingerprint density at radius 1 is 1.06 bits per heavy atom. The van der Waals surface area contributed by atoms with Gasteiger partial charge in [0.2, 0.25) is 11.8 Å². The Morgan fingerprint density at radius 3 is 2.48 bits per heavy atom. The molecular weight excluding hydrogens is 412 g/mol. The Morgan fingerprint density at radius 2 is 1.76 bits per heavy atom. The summed E-state index contributed by atoms with van der Waals surface area (Å²) in [7, 11) is 0. The summed E-state index contributed by atoms with van der Waals surface area (Å²) in [5.41, 5.74) is 5.33. The molecule has 2 amide bonds. The van der Waals surface area contributed by atoms with Gasteiger partial charge >= 0.3 is 0 Å². The summed E-state index contributed by atoms with van der Waals surface area (Å²) in [6.07, 6.45) is 3.24. The standard InChI is InChI=1S/C27H32N4O2/c1-18-14-19(2)16-21(15-18)29-26(33)22-17-27(22)9-12-30(13-10-27)25(32)8-11-31-20(3)28-23-6-4-5-7-24(23)31/h4-7,14-16,22H,8-13,17H2,1-3H3,(H,29,33)/t22-/m0/s1. The van der Waals surface area contributed by atoms with Gasteiger partial charge in [-0.05, 0) is 80.8 Å². The van der Waals surface area contributed by atoms with E-state index in [-0.39, 0.29) is 23.1 Å². The van der Waals surface area contributed by atoms with Crippen LogP contribution >= 0.6 is 0 Å². The molecule has 2 heterocycles. The third-order valence-electron chi connectivity index (χ3n) is 7.50. The van der Waals surface area contributed by atoms with E-state index in [2.05, 4.69) is 27.0 Å². The monoisotopic (exact) mass is 444 g/mol. The molecule has 1 spiro atoms. The number of fused-ring (bicyclic) bond motifs is 1. The number of piperidine rings is 1. The van der Waals surface area contributed by atoms with Crippen molar-refractivity contribution in [1.82, 2.24) is 14.5 Å². The fourth-order valence-electron chi connectivity index (χ4n) is 5.59. The van der Waals surface area contributed by atoms with Crippen molar-refractivity contribution in [3.63, 3.8) is 0 Å². The number of aryl methyl sites for hydroxylation is 4. The summed E-state index contributed by atoms with van der Waals surface area (Å²) >= 11 is 0. The van der Waals surface area contributed by atoms with Crippen LogP contribution in [0.4, 0.5) is 5.69 Å². The van der Waals surface area contributed by atoms with Crippen LogP contribution < -0.4 is 5.32 Å². The maximum Gasteiger partial charge on any atom is 0.228 e. The van der Waals surface area contributed by atoms with Gasteiger partial charge in [-0.1, -0.05) is 18.2 Å². The lowest BCUT2D eigenvalue weighted by atomic mass is 9.90. The number of likely N-dealkylation sites (tertiary alicyclic amines) is 1. The van der Waals surface area contributed by atoms with Gasteiger partial charge in [-0.15, -0.1) is 0 Å². The van der Waals surface area contributed by atoms with Crippen molar-refractivity contribution < 1.29 is 9.59 Å². The molecule has 2 aromatic carbocycles. The number of hydrogen-bond donors (Lipinski definition) is 1. The average molecular weight is 445 g/mol. The van der Waals surface area contributed by atoms with Crippen molar-refractivity contribution in [2.75, 3.05) is 18.4 Å². The van der Waals surface area contributed by atoms with Crippen LogP contribution in [0.25, 0.3) is 11.0 Å². The van der Waals surface area contributed by atoms with Crippen LogP contribution in [-0.4, -0.2) is 39.4 Å². The topological polar surface area (TPSA) is 67.2 Å². The number of amides is 2. The van der Waals surface area contributed by atoms with E-state index < -0.39 is 0 Å². The zero-order chi connectivity index (χ0) is 23.2. The van der Waals surface area contributed by atoms with Gasteiger partial charge in [0, 0.05) is 37.7 Å². The molecule has 33 heavy (non-hydrogen) atoms. The summed E-state index contributed by atoms with van der Waals surface area (Å²) in [6.45, 7) is 8.22. The highest BCUT2D eigenvalue weighted by Crippen LogP contribution is 2.59. The second-order valence-corrected chi connectivity index (χ2v) is 9.91. The first-order valence-corrected chi connectivity index (χ1v) is 11.9. The van der Waals surface area contributed by atoms with E-state index in [9.17, 15) is 9.59 Å². The molecule has 0 bridgehead atoms. The van der Waals surface area contributed by atoms with Gasteiger partial charge in [-0.25, -0.2) is 4.98 Å². The molecule has 0 unspecified atom stereocenters. The molecule has 1 aliphatic heterocycles. The molecule has 2 fully saturated rings. The number of nitrogens with one attached hydrogen (secondary N) is 1. The first-order chi connectivity index (χ1) is 15.8. The highest BCUT2D eigenvalue weighted by Gasteiger charge is 2.58. The Labute approximate surface area is 195 Å². The summed E-state index contributed by atoms with van der Waals surface area (Å²) in [5.74, 6) is 1.33. The smallest absolute Gasteiger partial charge is 0.228 e. The van der Waals surface area contributed by atoms with Gasteiger partial charge in [-0.3, -0.25) is 9.59 Å². The van der Waals surface area contributed by atoms with Crippen LogP contribution in [0.2, 0.25) is 0 Å².